The molecule has 0 saturated carbocycles. The molecule has 0 heterocycles. The lowest BCUT2D eigenvalue weighted by molar-refractivity contribution is 0.471. The minimum Gasteiger partial charge on any atom is -0.508 e. The third kappa shape index (κ3) is 2.64. The Morgan fingerprint density at radius 2 is 1.52 bits per heavy atom. The van der Waals surface area contributed by atoms with Crippen molar-refractivity contribution < 1.29 is 5.11 Å². The van der Waals surface area contributed by atoms with Gasteiger partial charge >= 0.3 is 0 Å². The van der Waals surface area contributed by atoms with Crippen molar-refractivity contribution in [2.24, 2.45) is 0 Å². The Hall–Kier alpha value is -2.28. The van der Waals surface area contributed by atoms with Crippen molar-refractivity contribution in [2.75, 3.05) is 0 Å². The van der Waals surface area contributed by atoms with Crippen molar-refractivity contribution in [3.05, 3.63) is 66.2 Å². The lowest BCUT2D eigenvalue weighted by Crippen LogP contribution is -2.10. The molecule has 3 rings (SSSR count). The zero-order valence-corrected chi connectivity index (χ0v) is 12.7. The molecule has 106 valence electrons. The zero-order valence-electron chi connectivity index (χ0n) is 12.7. The molecule has 1 nitrogen and oxygen atoms in total. The summed E-state index contributed by atoms with van der Waals surface area (Å²) in [4.78, 5) is 0. The fourth-order valence-electron chi connectivity index (χ4n) is 2.68. The van der Waals surface area contributed by atoms with Gasteiger partial charge in [0.25, 0.3) is 0 Å². The fraction of sp³-hybridized carbons (Fsp3) is 0.200. The molecule has 0 fully saturated rings. The SMILES string of the molecule is CC(C)(C)c1cc(O)cc(-c2cccc3ccccc23)c1. The molecular weight excluding hydrogens is 256 g/mol. The van der Waals surface area contributed by atoms with Crippen molar-refractivity contribution >= 4 is 10.8 Å². The van der Waals surface area contributed by atoms with Gasteiger partial charge < -0.3 is 5.11 Å². The molecule has 0 aliphatic carbocycles. The van der Waals surface area contributed by atoms with Crippen LogP contribution in [0.4, 0.5) is 0 Å². The average molecular weight is 276 g/mol. The molecule has 0 aliphatic heterocycles. The maximum absolute atomic E-state index is 10.1. The maximum atomic E-state index is 10.1. The first kappa shape index (κ1) is 13.7. The number of aromatic hydroxyl groups is 1. The van der Waals surface area contributed by atoms with Crippen LogP contribution in [0.15, 0.2) is 60.7 Å². The summed E-state index contributed by atoms with van der Waals surface area (Å²) in [5.74, 6) is 0.324. The van der Waals surface area contributed by atoms with E-state index in [2.05, 4.69) is 69.3 Å². The molecule has 3 aromatic rings. The van der Waals surface area contributed by atoms with Gasteiger partial charge in [-0.25, -0.2) is 0 Å². The van der Waals surface area contributed by atoms with Gasteiger partial charge in [-0.15, -0.1) is 0 Å². The highest BCUT2D eigenvalue weighted by atomic mass is 16.3. The Bertz CT molecular complexity index is 789. The number of fused-ring (bicyclic) bond motifs is 1. The molecule has 21 heavy (non-hydrogen) atoms. The van der Waals surface area contributed by atoms with Gasteiger partial charge in [-0.1, -0.05) is 69.3 Å². The largest absolute Gasteiger partial charge is 0.508 e. The molecular formula is C20H20O. The van der Waals surface area contributed by atoms with Crippen molar-refractivity contribution in [1.82, 2.24) is 0 Å². The normalized spacial score (nSPS) is 11.8. The van der Waals surface area contributed by atoms with Crippen LogP contribution in [0.3, 0.4) is 0 Å². The molecule has 1 N–H and O–H groups in total. The minimum absolute atomic E-state index is 0.0120. The van der Waals surface area contributed by atoms with E-state index in [-0.39, 0.29) is 5.41 Å². The van der Waals surface area contributed by atoms with Crippen LogP contribution in [0.5, 0.6) is 5.75 Å². The van der Waals surface area contributed by atoms with Crippen LogP contribution >= 0.6 is 0 Å². The number of phenolic OH excluding ortho intramolecular Hbond substituents is 1. The van der Waals surface area contributed by atoms with Crippen LogP contribution in [0, 0.1) is 0 Å². The van der Waals surface area contributed by atoms with Crippen LogP contribution < -0.4 is 0 Å². The lowest BCUT2D eigenvalue weighted by Gasteiger charge is -2.20. The lowest BCUT2D eigenvalue weighted by atomic mass is 9.84. The molecule has 0 bridgehead atoms. The van der Waals surface area contributed by atoms with Gasteiger partial charge in [0, 0.05) is 0 Å². The second kappa shape index (κ2) is 4.92. The first-order chi connectivity index (χ1) is 9.95. The van der Waals surface area contributed by atoms with Gasteiger partial charge in [0.2, 0.25) is 0 Å². The van der Waals surface area contributed by atoms with E-state index < -0.39 is 0 Å². The summed E-state index contributed by atoms with van der Waals surface area (Å²) in [5.41, 5.74) is 3.38. The Morgan fingerprint density at radius 3 is 2.29 bits per heavy atom. The van der Waals surface area contributed by atoms with Gasteiger partial charge in [-0.2, -0.15) is 0 Å². The van der Waals surface area contributed by atoms with Crippen LogP contribution in [-0.4, -0.2) is 5.11 Å². The summed E-state index contributed by atoms with van der Waals surface area (Å²) < 4.78 is 0. The van der Waals surface area contributed by atoms with E-state index >= 15 is 0 Å². The van der Waals surface area contributed by atoms with Crippen LogP contribution in [0.2, 0.25) is 0 Å². The quantitative estimate of drug-likeness (QED) is 0.621. The van der Waals surface area contributed by atoms with Crippen molar-refractivity contribution in [3.63, 3.8) is 0 Å². The molecule has 1 heteroatoms. The van der Waals surface area contributed by atoms with Crippen LogP contribution in [0.25, 0.3) is 21.9 Å². The topological polar surface area (TPSA) is 20.2 Å². The van der Waals surface area contributed by atoms with Gasteiger partial charge in [-0.3, -0.25) is 0 Å². The van der Waals surface area contributed by atoms with E-state index in [0.29, 0.717) is 5.75 Å². The number of hydrogen-bond acceptors (Lipinski definition) is 1. The molecule has 0 saturated heterocycles. The monoisotopic (exact) mass is 276 g/mol. The number of rotatable bonds is 1. The highest BCUT2D eigenvalue weighted by Gasteiger charge is 2.16. The highest BCUT2D eigenvalue weighted by Crippen LogP contribution is 2.34. The Kier molecular flexibility index (Phi) is 3.21. The van der Waals surface area contributed by atoms with Crippen LogP contribution in [0.1, 0.15) is 26.3 Å². The smallest absolute Gasteiger partial charge is 0.116 e. The van der Waals surface area contributed by atoms with E-state index in [1.807, 2.05) is 12.1 Å². The second-order valence-electron chi connectivity index (χ2n) is 6.55. The molecule has 0 aromatic heterocycles. The Morgan fingerprint density at radius 1 is 0.810 bits per heavy atom. The standard InChI is InChI=1S/C20H20O/c1-20(2,3)16-11-15(12-17(21)13-16)19-10-6-8-14-7-4-5-9-18(14)19/h4-13,21H,1-3H3. The number of benzene rings is 3. The number of hydrogen-bond donors (Lipinski definition) is 1. The maximum Gasteiger partial charge on any atom is 0.116 e. The van der Waals surface area contributed by atoms with Gasteiger partial charge in [-0.05, 0) is 45.0 Å². The molecule has 0 unspecified atom stereocenters. The van der Waals surface area contributed by atoms with E-state index in [1.165, 1.54) is 10.8 Å². The molecule has 0 amide bonds. The van der Waals surface area contributed by atoms with Gasteiger partial charge in [0.1, 0.15) is 5.75 Å². The zero-order chi connectivity index (χ0) is 15.0. The van der Waals surface area contributed by atoms with E-state index in [0.717, 1.165) is 16.7 Å². The third-order valence-electron chi connectivity index (χ3n) is 3.88. The minimum atomic E-state index is 0.0120. The molecule has 0 spiro atoms. The summed E-state index contributed by atoms with van der Waals surface area (Å²) in [5, 5.41) is 12.5. The first-order valence-corrected chi connectivity index (χ1v) is 7.28. The van der Waals surface area contributed by atoms with Crippen molar-refractivity contribution in [1.29, 1.82) is 0 Å². The molecule has 0 atom stereocenters. The van der Waals surface area contributed by atoms with E-state index in [1.54, 1.807) is 0 Å². The van der Waals surface area contributed by atoms with Crippen molar-refractivity contribution in [3.8, 4) is 16.9 Å². The fourth-order valence-corrected chi connectivity index (χ4v) is 2.68. The average Bonchev–Trinajstić information content (AvgIpc) is 2.45. The highest BCUT2D eigenvalue weighted by molar-refractivity contribution is 5.96. The van der Waals surface area contributed by atoms with Crippen LogP contribution in [-0.2, 0) is 5.41 Å². The summed E-state index contributed by atoms with van der Waals surface area (Å²) in [6.07, 6.45) is 0. The molecule has 0 radical (unpaired) electrons. The van der Waals surface area contributed by atoms with E-state index in [4.69, 9.17) is 0 Å². The van der Waals surface area contributed by atoms with Gasteiger partial charge in [0.15, 0.2) is 0 Å². The summed E-state index contributed by atoms with van der Waals surface area (Å²) in [6.45, 7) is 6.48. The number of phenols is 1. The summed E-state index contributed by atoms with van der Waals surface area (Å²) in [6, 6.07) is 20.5. The molecule has 3 aromatic carbocycles. The summed E-state index contributed by atoms with van der Waals surface area (Å²) in [7, 11) is 0. The second-order valence-corrected chi connectivity index (χ2v) is 6.55. The predicted molar refractivity (Wildman–Crippen MR) is 89.7 cm³/mol. The predicted octanol–water partition coefficient (Wildman–Crippen LogP) is 5.51. The first-order valence-electron chi connectivity index (χ1n) is 7.28. The Labute approximate surface area is 125 Å². The van der Waals surface area contributed by atoms with E-state index in [9.17, 15) is 5.11 Å². The molecule has 0 aliphatic rings. The van der Waals surface area contributed by atoms with Crippen molar-refractivity contribution in [2.45, 2.75) is 26.2 Å². The summed E-state index contributed by atoms with van der Waals surface area (Å²) >= 11 is 0. The Balaban J connectivity index is 2.26. The third-order valence-corrected chi connectivity index (χ3v) is 3.88. The van der Waals surface area contributed by atoms with Gasteiger partial charge in [0.05, 0.1) is 0 Å².